The summed E-state index contributed by atoms with van der Waals surface area (Å²) < 4.78 is 0. The molecule has 0 saturated carbocycles. The number of rotatable bonds is 6. The molecule has 7 nitrogen and oxygen atoms in total. The zero-order valence-electron chi connectivity index (χ0n) is 12.7. The van der Waals surface area contributed by atoms with E-state index < -0.39 is 11.9 Å². The summed E-state index contributed by atoms with van der Waals surface area (Å²) in [5, 5.41) is 3.09. The number of aromatic nitrogens is 2. The van der Waals surface area contributed by atoms with Crippen LogP contribution in [0.25, 0.3) is 0 Å². The Hall–Kier alpha value is -1.89. The van der Waals surface area contributed by atoms with E-state index in [1.807, 2.05) is 34.6 Å². The number of nitrogen functional groups attached to an aromatic ring is 1. The number of amides is 1. The monoisotopic (exact) mass is 280 g/mol. The van der Waals surface area contributed by atoms with Crippen LogP contribution in [0.15, 0.2) is 0 Å². The Morgan fingerprint density at radius 2 is 1.70 bits per heavy atom. The van der Waals surface area contributed by atoms with Crippen LogP contribution in [-0.2, 0) is 4.79 Å². The number of hydrogen-bond acceptors (Lipinski definition) is 6. The number of nitrogens with one attached hydrogen (secondary N) is 2. The first-order valence-corrected chi connectivity index (χ1v) is 6.68. The molecule has 0 aromatic carbocycles. The summed E-state index contributed by atoms with van der Waals surface area (Å²) >= 11 is 0. The lowest BCUT2D eigenvalue weighted by atomic mass is 10.0. The normalized spacial score (nSPS) is 12.6. The number of hydrogen-bond donors (Lipinski definition) is 4. The fraction of sp³-hybridized carbons (Fsp3) is 0.615. The maximum Gasteiger partial charge on any atom is 0.240 e. The van der Waals surface area contributed by atoms with Crippen molar-refractivity contribution >= 4 is 17.5 Å². The average molecular weight is 280 g/mol. The molecular weight excluding hydrogens is 256 g/mol. The van der Waals surface area contributed by atoms with Crippen LogP contribution in [0.1, 0.15) is 45.0 Å². The minimum atomic E-state index is -0.491. The minimum Gasteiger partial charge on any atom is -0.368 e. The number of primary amides is 1. The van der Waals surface area contributed by atoms with E-state index in [-0.39, 0.29) is 11.8 Å². The highest BCUT2D eigenvalue weighted by molar-refractivity contribution is 5.83. The molecule has 0 aliphatic rings. The highest BCUT2D eigenvalue weighted by Crippen LogP contribution is 2.23. The first kappa shape index (κ1) is 16.2. The molecule has 0 aliphatic carbocycles. The summed E-state index contributed by atoms with van der Waals surface area (Å²) in [6, 6.07) is -0.491. The molecule has 7 heteroatoms. The molecule has 0 radical (unpaired) electrons. The molecule has 0 fully saturated rings. The van der Waals surface area contributed by atoms with E-state index in [2.05, 4.69) is 20.7 Å². The highest BCUT2D eigenvalue weighted by Gasteiger charge is 2.22. The summed E-state index contributed by atoms with van der Waals surface area (Å²) in [5.41, 5.74) is 8.73. The van der Waals surface area contributed by atoms with Crippen molar-refractivity contribution in [2.24, 2.45) is 17.5 Å². The predicted octanol–water partition coefficient (Wildman–Crippen LogP) is 1.12. The summed E-state index contributed by atoms with van der Waals surface area (Å²) in [7, 11) is 0. The first-order valence-electron chi connectivity index (χ1n) is 6.68. The van der Waals surface area contributed by atoms with Crippen molar-refractivity contribution in [3.8, 4) is 0 Å². The smallest absolute Gasteiger partial charge is 0.240 e. The van der Waals surface area contributed by atoms with Crippen molar-refractivity contribution in [1.29, 1.82) is 0 Å². The van der Waals surface area contributed by atoms with Crippen LogP contribution in [0.2, 0.25) is 0 Å². The predicted molar refractivity (Wildman–Crippen MR) is 80.1 cm³/mol. The molecule has 112 valence electrons. The molecule has 0 spiro atoms. The Morgan fingerprint density at radius 1 is 1.15 bits per heavy atom. The van der Waals surface area contributed by atoms with Gasteiger partial charge >= 0.3 is 0 Å². The fourth-order valence-electron chi connectivity index (χ4n) is 1.79. The van der Waals surface area contributed by atoms with E-state index in [0.717, 1.165) is 5.56 Å². The lowest BCUT2D eigenvalue weighted by molar-refractivity contribution is -0.119. The maximum absolute atomic E-state index is 11.5. The minimum absolute atomic E-state index is 0.0543. The SMILES string of the molecule is Cc1c(NN)nc(C(C)C)nc1NC(C(N)=O)C(C)C. The Morgan fingerprint density at radius 3 is 2.10 bits per heavy atom. The van der Waals surface area contributed by atoms with Crippen molar-refractivity contribution in [1.82, 2.24) is 9.97 Å². The zero-order valence-corrected chi connectivity index (χ0v) is 12.7. The second-order valence-electron chi connectivity index (χ2n) is 5.47. The molecule has 0 saturated heterocycles. The van der Waals surface area contributed by atoms with E-state index in [4.69, 9.17) is 11.6 Å². The molecule has 0 aliphatic heterocycles. The molecule has 1 aromatic rings. The zero-order chi connectivity index (χ0) is 15.4. The summed E-state index contributed by atoms with van der Waals surface area (Å²) in [4.78, 5) is 20.3. The van der Waals surface area contributed by atoms with Gasteiger partial charge in [-0.1, -0.05) is 27.7 Å². The largest absolute Gasteiger partial charge is 0.368 e. The van der Waals surface area contributed by atoms with Crippen LogP contribution in [-0.4, -0.2) is 21.9 Å². The van der Waals surface area contributed by atoms with Crippen molar-refractivity contribution in [2.75, 3.05) is 10.7 Å². The second kappa shape index (κ2) is 6.51. The number of nitrogens with two attached hydrogens (primary N) is 2. The molecule has 1 atom stereocenters. The van der Waals surface area contributed by atoms with Crippen LogP contribution in [0.4, 0.5) is 11.6 Å². The van der Waals surface area contributed by atoms with Gasteiger partial charge in [0.1, 0.15) is 23.5 Å². The molecule has 0 bridgehead atoms. The highest BCUT2D eigenvalue weighted by atomic mass is 16.1. The van der Waals surface area contributed by atoms with E-state index >= 15 is 0 Å². The summed E-state index contributed by atoms with van der Waals surface area (Å²) in [6.07, 6.45) is 0. The quantitative estimate of drug-likeness (QED) is 0.458. The van der Waals surface area contributed by atoms with Gasteiger partial charge in [0.2, 0.25) is 5.91 Å². The third kappa shape index (κ3) is 3.57. The van der Waals surface area contributed by atoms with Gasteiger partial charge in [-0.15, -0.1) is 0 Å². The van der Waals surface area contributed by atoms with Gasteiger partial charge in [0.15, 0.2) is 0 Å². The van der Waals surface area contributed by atoms with Gasteiger partial charge in [-0.25, -0.2) is 15.8 Å². The molecule has 20 heavy (non-hydrogen) atoms. The third-order valence-electron chi connectivity index (χ3n) is 3.08. The first-order chi connectivity index (χ1) is 9.27. The van der Waals surface area contributed by atoms with Crippen molar-refractivity contribution in [3.05, 3.63) is 11.4 Å². The van der Waals surface area contributed by atoms with Crippen molar-refractivity contribution < 1.29 is 4.79 Å². The molecular formula is C13H24N6O. The van der Waals surface area contributed by atoms with Crippen LogP contribution in [0.5, 0.6) is 0 Å². The molecule has 1 rings (SSSR count). The lowest BCUT2D eigenvalue weighted by Gasteiger charge is -2.22. The van der Waals surface area contributed by atoms with Crippen molar-refractivity contribution in [3.63, 3.8) is 0 Å². The van der Waals surface area contributed by atoms with Crippen LogP contribution >= 0.6 is 0 Å². The maximum atomic E-state index is 11.5. The molecule has 1 unspecified atom stereocenters. The molecule has 1 heterocycles. The van der Waals surface area contributed by atoms with Crippen molar-refractivity contribution in [2.45, 2.75) is 46.6 Å². The lowest BCUT2D eigenvalue weighted by Crippen LogP contribution is -2.40. The van der Waals surface area contributed by atoms with E-state index in [0.29, 0.717) is 17.5 Å². The van der Waals surface area contributed by atoms with Crippen LogP contribution < -0.4 is 22.3 Å². The summed E-state index contributed by atoms with van der Waals surface area (Å²) in [6.45, 7) is 9.65. The topological polar surface area (TPSA) is 119 Å². The Kier molecular flexibility index (Phi) is 5.26. The Balaban J connectivity index is 3.22. The van der Waals surface area contributed by atoms with Gasteiger partial charge in [-0.2, -0.15) is 0 Å². The molecule has 6 N–H and O–H groups in total. The van der Waals surface area contributed by atoms with Gasteiger partial charge < -0.3 is 16.5 Å². The summed E-state index contributed by atoms with van der Waals surface area (Å²) in [5.74, 6) is 7.04. The Labute approximate surface area is 119 Å². The van der Waals surface area contributed by atoms with Gasteiger partial charge in [0, 0.05) is 11.5 Å². The van der Waals surface area contributed by atoms with Crippen LogP contribution in [0, 0.1) is 12.8 Å². The molecule has 1 aromatic heterocycles. The van der Waals surface area contributed by atoms with E-state index in [1.54, 1.807) is 0 Å². The van der Waals surface area contributed by atoms with Gasteiger partial charge in [0.05, 0.1) is 0 Å². The van der Waals surface area contributed by atoms with Crippen LogP contribution in [0.3, 0.4) is 0 Å². The number of carbonyl (C=O) groups excluding carboxylic acids is 1. The fourth-order valence-corrected chi connectivity index (χ4v) is 1.79. The van der Waals surface area contributed by atoms with Gasteiger partial charge in [-0.05, 0) is 12.8 Å². The Bertz CT molecular complexity index is 486. The van der Waals surface area contributed by atoms with Gasteiger partial charge in [-0.3, -0.25) is 4.79 Å². The van der Waals surface area contributed by atoms with E-state index in [9.17, 15) is 4.79 Å². The second-order valence-corrected chi connectivity index (χ2v) is 5.47. The number of hydrazine groups is 1. The average Bonchev–Trinajstić information content (AvgIpc) is 2.36. The number of carbonyl (C=O) groups is 1. The molecule has 1 amide bonds. The number of anilines is 2. The number of nitrogens with zero attached hydrogens (tertiary/aromatic N) is 2. The third-order valence-corrected chi connectivity index (χ3v) is 3.08. The van der Waals surface area contributed by atoms with E-state index in [1.165, 1.54) is 0 Å². The standard InChI is InChI=1S/C13H24N6O/c1-6(2)9(10(14)20)16-12-8(5)13(19-15)18-11(17-12)7(3)4/h6-7,9H,15H2,1-5H3,(H2,14,20)(H2,16,17,18,19). The van der Waals surface area contributed by atoms with Gasteiger partial charge in [0.25, 0.3) is 0 Å².